The van der Waals surface area contributed by atoms with Crippen LogP contribution in [-0.4, -0.2) is 52.7 Å². The number of carbonyl (C=O) groups is 2. The molecule has 0 spiro atoms. The van der Waals surface area contributed by atoms with Gasteiger partial charge < -0.3 is 14.8 Å². The predicted molar refractivity (Wildman–Crippen MR) is 84.2 cm³/mol. The van der Waals surface area contributed by atoms with Gasteiger partial charge in [0, 0.05) is 0 Å². The summed E-state index contributed by atoms with van der Waals surface area (Å²) in [7, 11) is 0. The molecule has 0 aromatic carbocycles. The first-order chi connectivity index (χ1) is 11.0. The Morgan fingerprint density at radius 1 is 1.12 bits per heavy atom. The van der Waals surface area contributed by atoms with Crippen LogP contribution in [0.5, 0.6) is 0 Å². The minimum Gasteiger partial charge on any atom is -0.464 e. The fraction of sp³-hybridized carbons (Fsp3) is 0.867. The third-order valence-electron chi connectivity index (χ3n) is 2.67. The first-order valence-corrected chi connectivity index (χ1v) is 7.98. The molecule has 1 amide bonds. The van der Waals surface area contributed by atoms with Crippen molar-refractivity contribution in [2.24, 2.45) is 5.92 Å². The molecule has 0 saturated heterocycles. The number of hydrogen-bond donors (Lipinski definition) is 3. The van der Waals surface area contributed by atoms with Crippen LogP contribution in [0.4, 0.5) is 4.79 Å². The molecule has 0 saturated carbocycles. The molecule has 0 aromatic rings. The molecule has 0 aliphatic heterocycles. The Morgan fingerprint density at radius 2 is 1.71 bits per heavy atom. The first kappa shape index (κ1) is 22.6. The molecule has 9 heteroatoms. The Hall–Kier alpha value is -1.42. The maximum atomic E-state index is 12.1. The summed E-state index contributed by atoms with van der Waals surface area (Å²) in [5, 5.41) is 18.9. The summed E-state index contributed by atoms with van der Waals surface area (Å²) < 4.78 is 10.3. The van der Waals surface area contributed by atoms with E-state index in [1.807, 2.05) is 13.8 Å². The van der Waals surface area contributed by atoms with E-state index in [1.54, 1.807) is 20.8 Å². The summed E-state index contributed by atoms with van der Waals surface area (Å²) >= 11 is 0. The quantitative estimate of drug-likeness (QED) is 0.312. The molecule has 24 heavy (non-hydrogen) atoms. The van der Waals surface area contributed by atoms with Crippen molar-refractivity contribution in [3.8, 4) is 0 Å². The lowest BCUT2D eigenvalue weighted by atomic mass is 10.0. The van der Waals surface area contributed by atoms with Crippen molar-refractivity contribution in [3.05, 3.63) is 0 Å². The highest BCUT2D eigenvalue weighted by Crippen LogP contribution is 2.10. The van der Waals surface area contributed by atoms with Gasteiger partial charge >= 0.3 is 12.1 Å². The number of nitrogens with zero attached hydrogens (tertiary/aromatic N) is 1. The molecule has 0 aliphatic rings. The third-order valence-corrected chi connectivity index (χ3v) is 2.67. The molecule has 9 nitrogen and oxygen atoms in total. The van der Waals surface area contributed by atoms with Crippen molar-refractivity contribution in [1.29, 1.82) is 0 Å². The van der Waals surface area contributed by atoms with Crippen LogP contribution >= 0.6 is 0 Å². The molecule has 0 radical (unpaired) electrons. The van der Waals surface area contributed by atoms with Gasteiger partial charge in [-0.25, -0.2) is 9.59 Å². The smallest absolute Gasteiger partial charge is 0.408 e. The van der Waals surface area contributed by atoms with Gasteiger partial charge in [0.05, 0.1) is 18.6 Å². The van der Waals surface area contributed by atoms with Crippen molar-refractivity contribution >= 4 is 12.1 Å². The number of hydrogen-bond acceptors (Lipinski definition) is 8. The molecule has 1 atom stereocenters. The molecule has 3 N–H and O–H groups in total. The number of unbranched alkanes of at least 4 members (excludes halogenated alkanes) is 1. The summed E-state index contributed by atoms with van der Waals surface area (Å²) in [5.41, 5.74) is -0.649. The minimum absolute atomic E-state index is 0.0795. The highest BCUT2D eigenvalue weighted by molar-refractivity contribution is 5.81. The lowest BCUT2D eigenvalue weighted by molar-refractivity contribution is -0.492. The molecule has 0 bridgehead atoms. The second-order valence-electron chi connectivity index (χ2n) is 6.79. The van der Waals surface area contributed by atoms with Crippen LogP contribution in [0.2, 0.25) is 0 Å². The highest BCUT2D eigenvalue weighted by atomic mass is 17.1. The number of ether oxygens (including phenoxy) is 2. The normalized spacial score (nSPS) is 13.0. The number of esters is 1. The van der Waals surface area contributed by atoms with E-state index in [1.165, 1.54) is 0 Å². The Morgan fingerprint density at radius 3 is 2.21 bits per heavy atom. The van der Waals surface area contributed by atoms with E-state index in [0.717, 1.165) is 0 Å². The minimum atomic E-state index is -0.776. The second-order valence-corrected chi connectivity index (χ2v) is 6.79. The van der Waals surface area contributed by atoms with Crippen molar-refractivity contribution in [3.63, 3.8) is 0 Å². The summed E-state index contributed by atoms with van der Waals surface area (Å²) in [6.45, 7) is 9.31. The summed E-state index contributed by atoms with van der Waals surface area (Å²) in [4.78, 5) is 28.3. The van der Waals surface area contributed by atoms with Crippen molar-refractivity contribution in [2.45, 2.75) is 65.5 Å². The number of rotatable bonds is 10. The predicted octanol–water partition coefficient (Wildman–Crippen LogP) is 2.26. The molecular weight excluding hydrogens is 320 g/mol. The first-order valence-electron chi connectivity index (χ1n) is 7.98. The summed E-state index contributed by atoms with van der Waals surface area (Å²) in [6.07, 6.45) is 0.731. The molecule has 0 heterocycles. The monoisotopic (exact) mass is 350 g/mol. The molecule has 0 fully saturated rings. The lowest BCUT2D eigenvalue weighted by Gasteiger charge is -2.23. The van der Waals surface area contributed by atoms with Crippen molar-refractivity contribution < 1.29 is 34.3 Å². The fourth-order valence-corrected chi connectivity index (χ4v) is 1.76. The van der Waals surface area contributed by atoms with Crippen LogP contribution in [0.25, 0.3) is 0 Å². The molecule has 0 aliphatic carbocycles. The van der Waals surface area contributed by atoms with E-state index in [4.69, 9.17) is 19.9 Å². The zero-order valence-electron chi connectivity index (χ0n) is 15.1. The van der Waals surface area contributed by atoms with Crippen LogP contribution in [0.1, 0.15) is 53.9 Å². The van der Waals surface area contributed by atoms with Gasteiger partial charge in [-0.05, 0) is 46.0 Å². The van der Waals surface area contributed by atoms with Gasteiger partial charge in [-0.15, -0.1) is 0 Å². The van der Waals surface area contributed by atoms with Crippen LogP contribution in [0, 0.1) is 5.92 Å². The Balaban J connectivity index is 4.28. The van der Waals surface area contributed by atoms with Crippen molar-refractivity contribution in [2.75, 3.05) is 13.2 Å². The third kappa shape index (κ3) is 13.1. The fourth-order valence-electron chi connectivity index (χ4n) is 1.76. The maximum Gasteiger partial charge on any atom is 0.408 e. The Bertz CT molecular complexity index is 381. The molecule has 142 valence electrons. The van der Waals surface area contributed by atoms with Crippen molar-refractivity contribution in [1.82, 2.24) is 10.7 Å². The van der Waals surface area contributed by atoms with E-state index in [0.29, 0.717) is 19.3 Å². The van der Waals surface area contributed by atoms with E-state index < -0.39 is 23.7 Å². The topological polar surface area (TPSA) is 118 Å². The Labute approximate surface area is 142 Å². The van der Waals surface area contributed by atoms with Gasteiger partial charge in [0.2, 0.25) is 0 Å². The van der Waals surface area contributed by atoms with E-state index in [9.17, 15) is 9.59 Å². The van der Waals surface area contributed by atoms with Crippen LogP contribution in [0.3, 0.4) is 0 Å². The average Bonchev–Trinajstić information content (AvgIpc) is 2.38. The SMILES string of the molecule is CC(C)CC(NC(=O)OC(C)(C)C)C(=O)OCCCCON(O)O. The average molecular weight is 350 g/mol. The van der Waals surface area contributed by atoms with E-state index in [-0.39, 0.29) is 24.5 Å². The number of amides is 1. The second kappa shape index (κ2) is 11.2. The van der Waals surface area contributed by atoms with Crippen LogP contribution in [0.15, 0.2) is 0 Å². The maximum absolute atomic E-state index is 12.1. The van der Waals surface area contributed by atoms with Gasteiger partial charge in [0.15, 0.2) is 0 Å². The lowest BCUT2D eigenvalue weighted by Crippen LogP contribution is -2.45. The van der Waals surface area contributed by atoms with Gasteiger partial charge in [0.25, 0.3) is 0 Å². The number of alkyl carbamates (subject to hydrolysis) is 1. The summed E-state index contributed by atoms with van der Waals surface area (Å²) in [5.74, 6) is -0.340. The molecule has 0 rings (SSSR count). The molecule has 0 aromatic heterocycles. The zero-order chi connectivity index (χ0) is 18.8. The Kier molecular flexibility index (Phi) is 10.5. The molecule has 1 unspecified atom stereocenters. The van der Waals surface area contributed by atoms with Crippen LogP contribution < -0.4 is 5.32 Å². The zero-order valence-corrected chi connectivity index (χ0v) is 15.1. The summed E-state index contributed by atoms with van der Waals surface area (Å²) in [6, 6.07) is -0.776. The van der Waals surface area contributed by atoms with Crippen LogP contribution in [-0.2, 0) is 19.1 Å². The van der Waals surface area contributed by atoms with Gasteiger partial charge in [-0.3, -0.25) is 15.3 Å². The highest BCUT2D eigenvalue weighted by Gasteiger charge is 2.26. The van der Waals surface area contributed by atoms with E-state index in [2.05, 4.69) is 10.2 Å². The van der Waals surface area contributed by atoms with Gasteiger partial charge in [-0.2, -0.15) is 0 Å². The largest absolute Gasteiger partial charge is 0.464 e. The molecular formula is C15H30N2O7. The van der Waals surface area contributed by atoms with Gasteiger partial charge in [-0.1, -0.05) is 13.8 Å². The van der Waals surface area contributed by atoms with Gasteiger partial charge in [0.1, 0.15) is 11.6 Å². The number of nitrogens with one attached hydrogen (secondary N) is 1. The van der Waals surface area contributed by atoms with E-state index >= 15 is 0 Å². The standard InChI is InChI=1S/C15H30N2O7/c1-11(2)10-12(16-14(19)24-15(3,4)5)13(18)22-8-6-7-9-23-17(20)21/h11-12,20-21H,6-10H2,1-5H3,(H,16,19). The number of carbonyl (C=O) groups excluding carboxylic acids is 2.